The standard InChI is InChI=1S/C10H8O3/c1-6-4-7-8(13-6)2-3-9-10(7)12-5-11-9/h2-4H,5H2,1H3. The third kappa shape index (κ3) is 0.840. The van der Waals surface area contributed by atoms with E-state index in [0.29, 0.717) is 6.79 Å². The molecule has 13 heavy (non-hydrogen) atoms. The number of fused-ring (bicyclic) bond motifs is 3. The van der Waals surface area contributed by atoms with Crippen molar-refractivity contribution in [2.45, 2.75) is 6.92 Å². The van der Waals surface area contributed by atoms with Gasteiger partial charge in [-0.25, -0.2) is 0 Å². The predicted molar refractivity (Wildman–Crippen MR) is 47.1 cm³/mol. The Morgan fingerprint density at radius 3 is 3.08 bits per heavy atom. The first kappa shape index (κ1) is 6.83. The van der Waals surface area contributed by atoms with Gasteiger partial charge in [0.2, 0.25) is 6.79 Å². The summed E-state index contributed by atoms with van der Waals surface area (Å²) in [5.74, 6) is 2.49. The molecule has 0 saturated heterocycles. The second-order valence-electron chi connectivity index (χ2n) is 3.07. The van der Waals surface area contributed by atoms with Crippen molar-refractivity contribution in [3.63, 3.8) is 0 Å². The zero-order valence-corrected chi connectivity index (χ0v) is 7.16. The van der Waals surface area contributed by atoms with Gasteiger partial charge in [-0.3, -0.25) is 0 Å². The molecule has 66 valence electrons. The molecule has 0 N–H and O–H groups in total. The molecule has 3 nitrogen and oxygen atoms in total. The SMILES string of the molecule is Cc1cc2c3c(ccc2o1)OCO3. The molecule has 0 aliphatic carbocycles. The van der Waals surface area contributed by atoms with E-state index in [4.69, 9.17) is 13.9 Å². The zero-order chi connectivity index (χ0) is 8.84. The van der Waals surface area contributed by atoms with Crippen molar-refractivity contribution >= 4 is 11.0 Å². The molecule has 2 heterocycles. The lowest BCUT2D eigenvalue weighted by atomic mass is 10.2. The Bertz CT molecular complexity index is 470. The normalized spacial score (nSPS) is 13.9. The number of hydrogen-bond acceptors (Lipinski definition) is 3. The van der Waals surface area contributed by atoms with E-state index in [0.717, 1.165) is 28.2 Å². The minimum absolute atomic E-state index is 0.304. The maximum Gasteiger partial charge on any atom is 0.231 e. The quantitative estimate of drug-likeness (QED) is 0.617. The van der Waals surface area contributed by atoms with Crippen LogP contribution in [0.25, 0.3) is 11.0 Å². The number of ether oxygens (including phenoxy) is 2. The van der Waals surface area contributed by atoms with E-state index < -0.39 is 0 Å². The molecule has 3 rings (SSSR count). The van der Waals surface area contributed by atoms with Gasteiger partial charge in [-0.05, 0) is 25.1 Å². The second-order valence-corrected chi connectivity index (χ2v) is 3.07. The smallest absolute Gasteiger partial charge is 0.231 e. The van der Waals surface area contributed by atoms with Crippen LogP contribution < -0.4 is 9.47 Å². The van der Waals surface area contributed by atoms with Crippen LogP contribution in [-0.4, -0.2) is 6.79 Å². The Hall–Kier alpha value is -1.64. The molecule has 0 atom stereocenters. The molecular weight excluding hydrogens is 168 g/mol. The molecule has 0 bridgehead atoms. The van der Waals surface area contributed by atoms with Gasteiger partial charge in [-0.15, -0.1) is 0 Å². The van der Waals surface area contributed by atoms with Crippen LogP contribution in [0.5, 0.6) is 11.5 Å². The molecule has 1 aromatic heterocycles. The van der Waals surface area contributed by atoms with Crippen LogP contribution in [0.3, 0.4) is 0 Å². The molecule has 0 spiro atoms. The molecule has 3 heteroatoms. The van der Waals surface area contributed by atoms with Gasteiger partial charge < -0.3 is 13.9 Å². The van der Waals surface area contributed by atoms with E-state index in [1.165, 1.54) is 0 Å². The van der Waals surface area contributed by atoms with Gasteiger partial charge in [-0.1, -0.05) is 0 Å². The molecule has 1 aliphatic rings. The zero-order valence-electron chi connectivity index (χ0n) is 7.16. The lowest BCUT2D eigenvalue weighted by Crippen LogP contribution is -1.93. The van der Waals surface area contributed by atoms with E-state index in [-0.39, 0.29) is 0 Å². The summed E-state index contributed by atoms with van der Waals surface area (Å²) in [6.07, 6.45) is 0. The van der Waals surface area contributed by atoms with Crippen LogP contribution in [0.15, 0.2) is 22.6 Å². The van der Waals surface area contributed by atoms with E-state index in [1.807, 2.05) is 25.1 Å². The molecule has 0 unspecified atom stereocenters. The number of aryl methyl sites for hydroxylation is 1. The highest BCUT2D eigenvalue weighted by atomic mass is 16.7. The van der Waals surface area contributed by atoms with Crippen molar-refractivity contribution in [3.05, 3.63) is 24.0 Å². The summed E-state index contributed by atoms with van der Waals surface area (Å²) in [4.78, 5) is 0. The lowest BCUT2D eigenvalue weighted by molar-refractivity contribution is 0.175. The first-order chi connectivity index (χ1) is 6.34. The summed E-state index contributed by atoms with van der Waals surface area (Å²) in [5.41, 5.74) is 0.849. The van der Waals surface area contributed by atoms with Crippen LogP contribution in [-0.2, 0) is 0 Å². The van der Waals surface area contributed by atoms with Crippen LogP contribution in [0.1, 0.15) is 5.76 Å². The number of hydrogen-bond donors (Lipinski definition) is 0. The van der Waals surface area contributed by atoms with E-state index >= 15 is 0 Å². The fourth-order valence-corrected chi connectivity index (χ4v) is 1.61. The highest BCUT2D eigenvalue weighted by Gasteiger charge is 2.18. The number of benzene rings is 1. The topological polar surface area (TPSA) is 31.6 Å². The van der Waals surface area contributed by atoms with Crippen molar-refractivity contribution < 1.29 is 13.9 Å². The monoisotopic (exact) mass is 176 g/mol. The van der Waals surface area contributed by atoms with Gasteiger partial charge >= 0.3 is 0 Å². The molecule has 0 fully saturated rings. The van der Waals surface area contributed by atoms with Gasteiger partial charge in [0.15, 0.2) is 11.5 Å². The molecular formula is C10H8O3. The summed E-state index contributed by atoms with van der Waals surface area (Å²) < 4.78 is 16.1. The highest BCUT2D eigenvalue weighted by Crippen LogP contribution is 2.40. The highest BCUT2D eigenvalue weighted by molar-refractivity contribution is 5.87. The summed E-state index contributed by atoms with van der Waals surface area (Å²) in [6, 6.07) is 5.73. The maximum absolute atomic E-state index is 5.46. The average Bonchev–Trinajstić information content (AvgIpc) is 2.65. The lowest BCUT2D eigenvalue weighted by Gasteiger charge is -1.94. The largest absolute Gasteiger partial charge is 0.461 e. The Morgan fingerprint density at radius 2 is 2.15 bits per heavy atom. The van der Waals surface area contributed by atoms with Crippen molar-refractivity contribution in [2.24, 2.45) is 0 Å². The third-order valence-electron chi connectivity index (χ3n) is 2.16. The molecule has 0 radical (unpaired) electrons. The van der Waals surface area contributed by atoms with Crippen molar-refractivity contribution in [1.82, 2.24) is 0 Å². The third-order valence-corrected chi connectivity index (χ3v) is 2.16. The van der Waals surface area contributed by atoms with Gasteiger partial charge in [0.1, 0.15) is 11.3 Å². The minimum atomic E-state index is 0.304. The van der Waals surface area contributed by atoms with Gasteiger partial charge in [-0.2, -0.15) is 0 Å². The van der Waals surface area contributed by atoms with Gasteiger partial charge in [0.05, 0.1) is 5.39 Å². The Balaban J connectivity index is 2.42. The Labute approximate surface area is 74.9 Å². The maximum atomic E-state index is 5.46. The molecule has 1 aromatic carbocycles. The summed E-state index contributed by atoms with van der Waals surface area (Å²) >= 11 is 0. The fraction of sp³-hybridized carbons (Fsp3) is 0.200. The minimum Gasteiger partial charge on any atom is -0.461 e. The van der Waals surface area contributed by atoms with Gasteiger partial charge in [0.25, 0.3) is 0 Å². The van der Waals surface area contributed by atoms with E-state index in [2.05, 4.69) is 0 Å². The van der Waals surface area contributed by atoms with Crippen LogP contribution in [0.4, 0.5) is 0 Å². The summed E-state index contributed by atoms with van der Waals surface area (Å²) in [7, 11) is 0. The predicted octanol–water partition coefficient (Wildman–Crippen LogP) is 2.47. The number of furan rings is 1. The first-order valence-corrected chi connectivity index (χ1v) is 4.13. The van der Waals surface area contributed by atoms with E-state index in [1.54, 1.807) is 0 Å². The second kappa shape index (κ2) is 2.19. The Kier molecular flexibility index (Phi) is 1.15. The van der Waals surface area contributed by atoms with Gasteiger partial charge in [0, 0.05) is 0 Å². The molecule has 1 aliphatic heterocycles. The van der Waals surface area contributed by atoms with E-state index in [9.17, 15) is 0 Å². The molecule has 0 saturated carbocycles. The number of rotatable bonds is 0. The summed E-state index contributed by atoms with van der Waals surface area (Å²) in [6.45, 7) is 2.22. The fourth-order valence-electron chi connectivity index (χ4n) is 1.61. The van der Waals surface area contributed by atoms with Crippen molar-refractivity contribution in [2.75, 3.05) is 6.79 Å². The Morgan fingerprint density at radius 1 is 1.23 bits per heavy atom. The van der Waals surface area contributed by atoms with Crippen molar-refractivity contribution in [1.29, 1.82) is 0 Å². The van der Waals surface area contributed by atoms with Crippen LogP contribution >= 0.6 is 0 Å². The molecule has 0 amide bonds. The van der Waals surface area contributed by atoms with Crippen LogP contribution in [0.2, 0.25) is 0 Å². The van der Waals surface area contributed by atoms with Crippen LogP contribution in [0, 0.1) is 6.92 Å². The van der Waals surface area contributed by atoms with Crippen molar-refractivity contribution in [3.8, 4) is 11.5 Å². The molecule has 2 aromatic rings. The average molecular weight is 176 g/mol. The summed E-state index contributed by atoms with van der Waals surface area (Å²) in [5, 5.41) is 0.993. The first-order valence-electron chi connectivity index (χ1n) is 4.13.